The molecule has 0 aromatic heterocycles. The second-order valence-corrected chi connectivity index (χ2v) is 1.50. The molecule has 0 amide bonds. The van der Waals surface area contributed by atoms with Gasteiger partial charge in [-0.3, -0.25) is 4.79 Å². The third-order valence-corrected chi connectivity index (χ3v) is 0.578. The van der Waals surface area contributed by atoms with Gasteiger partial charge in [0.15, 0.2) is 0 Å². The Morgan fingerprint density at radius 2 is 2.00 bits per heavy atom. The van der Waals surface area contributed by atoms with Gasteiger partial charge in [-0.15, -0.1) is 0 Å². The molecule has 0 aliphatic carbocycles. The third kappa shape index (κ3) is 7.29. The molecule has 4 heteroatoms. The molecule has 0 saturated carbocycles. The first-order chi connectivity index (χ1) is 4.06. The molecular weight excluding hydrogens is 124 g/mol. The second-order valence-electron chi connectivity index (χ2n) is 1.50. The normalized spacial score (nSPS) is 12.3. The zero-order valence-electron chi connectivity index (χ0n) is 4.61. The van der Waals surface area contributed by atoms with Gasteiger partial charge in [-0.05, 0) is 6.08 Å². The van der Waals surface area contributed by atoms with Crippen molar-refractivity contribution in [2.75, 3.05) is 0 Å². The number of allylic oxidation sites excluding steroid dienone is 1. The van der Waals surface area contributed by atoms with Crippen LogP contribution in [0, 0.1) is 0 Å². The van der Waals surface area contributed by atoms with Crippen LogP contribution in [0.5, 0.6) is 0 Å². The summed E-state index contributed by atoms with van der Waals surface area (Å²) >= 11 is 0. The van der Waals surface area contributed by atoms with Gasteiger partial charge in [-0.2, -0.15) is 0 Å². The molecule has 0 aromatic carbocycles. The lowest BCUT2D eigenvalue weighted by Crippen LogP contribution is -2.25. The van der Waals surface area contributed by atoms with Gasteiger partial charge >= 0.3 is 0 Å². The summed E-state index contributed by atoms with van der Waals surface area (Å²) in [5.74, 6) is -2.71. The quantitative estimate of drug-likeness (QED) is 0.327. The monoisotopic (exact) mass is 131 g/mol. The van der Waals surface area contributed by atoms with E-state index in [1.54, 1.807) is 0 Å². The molecule has 0 aromatic rings. The average molecular weight is 131 g/mol. The van der Waals surface area contributed by atoms with Gasteiger partial charge in [0.1, 0.15) is 0 Å². The molecule has 0 aliphatic heterocycles. The number of carbonyl (C=O) groups excluding carboxylic acids is 1. The van der Waals surface area contributed by atoms with Gasteiger partial charge in [-0.1, -0.05) is 6.08 Å². The van der Waals surface area contributed by atoms with Crippen molar-refractivity contribution in [2.24, 2.45) is 0 Å². The highest BCUT2D eigenvalue weighted by Gasteiger charge is 2.14. The van der Waals surface area contributed by atoms with Gasteiger partial charge in [0, 0.05) is 6.42 Å². The Hall–Kier alpha value is -0.710. The smallest absolute Gasteiger partial charge is 0.278 e. The summed E-state index contributed by atoms with van der Waals surface area (Å²) in [5, 5.41) is 24.5. The minimum absolute atomic E-state index is 0.401. The standard InChI is InChI=1S/C5H7O4/c6-4-2-1-3-5(7,8)9/h1-2,7-9H,3H2. The zero-order chi connectivity index (χ0) is 7.33. The van der Waals surface area contributed by atoms with Crippen LogP contribution < -0.4 is 0 Å². The first-order valence-corrected chi connectivity index (χ1v) is 2.26. The van der Waals surface area contributed by atoms with Crippen LogP contribution in [0.2, 0.25) is 0 Å². The summed E-state index contributed by atoms with van der Waals surface area (Å²) in [6.45, 7) is 0. The molecule has 0 aliphatic rings. The van der Waals surface area contributed by atoms with Crippen molar-refractivity contribution in [1.29, 1.82) is 0 Å². The maximum absolute atomic E-state index is 9.43. The number of aliphatic hydroxyl groups is 3. The van der Waals surface area contributed by atoms with E-state index in [0.717, 1.165) is 12.2 Å². The lowest BCUT2D eigenvalue weighted by atomic mass is 10.3. The van der Waals surface area contributed by atoms with E-state index in [0.29, 0.717) is 0 Å². The zero-order valence-corrected chi connectivity index (χ0v) is 4.61. The molecule has 0 rings (SSSR count). The van der Waals surface area contributed by atoms with Crippen molar-refractivity contribution in [1.82, 2.24) is 0 Å². The van der Waals surface area contributed by atoms with E-state index < -0.39 is 12.4 Å². The molecule has 0 spiro atoms. The van der Waals surface area contributed by atoms with Crippen molar-refractivity contribution in [3.8, 4) is 0 Å². The molecule has 0 unspecified atom stereocenters. The van der Waals surface area contributed by atoms with Gasteiger partial charge < -0.3 is 15.3 Å². The van der Waals surface area contributed by atoms with E-state index >= 15 is 0 Å². The molecule has 0 bridgehead atoms. The van der Waals surface area contributed by atoms with E-state index in [9.17, 15) is 4.79 Å². The third-order valence-electron chi connectivity index (χ3n) is 0.578. The van der Waals surface area contributed by atoms with Crippen LogP contribution in [0.15, 0.2) is 12.2 Å². The summed E-state index contributed by atoms with van der Waals surface area (Å²) < 4.78 is 0. The molecular formula is C5H7O4. The molecule has 0 heterocycles. The van der Waals surface area contributed by atoms with Crippen molar-refractivity contribution in [3.63, 3.8) is 0 Å². The molecule has 0 fully saturated rings. The summed E-state index contributed by atoms with van der Waals surface area (Å²) in [7, 11) is 0. The SMILES string of the molecule is O=[C]C=CCC(O)(O)O. The van der Waals surface area contributed by atoms with Crippen molar-refractivity contribution >= 4 is 6.29 Å². The van der Waals surface area contributed by atoms with Crippen LogP contribution in [0.25, 0.3) is 0 Å². The number of hydrogen-bond donors (Lipinski definition) is 3. The summed E-state index contributed by atoms with van der Waals surface area (Å²) in [5.41, 5.74) is 0. The van der Waals surface area contributed by atoms with Crippen LogP contribution in [0.3, 0.4) is 0 Å². The largest absolute Gasteiger partial charge is 0.343 e. The fraction of sp³-hybridized carbons (Fsp3) is 0.400. The fourth-order valence-corrected chi connectivity index (χ4v) is 0.265. The van der Waals surface area contributed by atoms with Crippen LogP contribution in [0.1, 0.15) is 6.42 Å². The van der Waals surface area contributed by atoms with Gasteiger partial charge in [0.25, 0.3) is 5.97 Å². The second kappa shape index (κ2) is 3.34. The van der Waals surface area contributed by atoms with Crippen molar-refractivity contribution in [3.05, 3.63) is 12.2 Å². The number of hydrogen-bond acceptors (Lipinski definition) is 4. The average Bonchev–Trinajstić information content (AvgIpc) is 1.63. The maximum atomic E-state index is 9.43. The van der Waals surface area contributed by atoms with Gasteiger partial charge in [0.2, 0.25) is 6.29 Å². The minimum atomic E-state index is -2.71. The van der Waals surface area contributed by atoms with E-state index in [4.69, 9.17) is 15.3 Å². The highest BCUT2D eigenvalue weighted by atomic mass is 16.7. The topological polar surface area (TPSA) is 77.8 Å². The molecule has 51 valence electrons. The Morgan fingerprint density at radius 1 is 1.44 bits per heavy atom. The fourth-order valence-electron chi connectivity index (χ4n) is 0.265. The van der Waals surface area contributed by atoms with Gasteiger partial charge in [0.05, 0.1) is 0 Å². The maximum Gasteiger partial charge on any atom is 0.278 e. The first-order valence-electron chi connectivity index (χ1n) is 2.26. The molecule has 9 heavy (non-hydrogen) atoms. The van der Waals surface area contributed by atoms with Crippen LogP contribution >= 0.6 is 0 Å². The lowest BCUT2D eigenvalue weighted by Gasteiger charge is -2.09. The van der Waals surface area contributed by atoms with E-state index in [1.807, 2.05) is 0 Å². The Balaban J connectivity index is 3.50. The molecule has 0 saturated heterocycles. The van der Waals surface area contributed by atoms with Crippen LogP contribution in [0.4, 0.5) is 0 Å². The Labute approximate surface area is 52.1 Å². The van der Waals surface area contributed by atoms with E-state index in [-0.39, 0.29) is 0 Å². The predicted octanol–water partition coefficient (Wildman–Crippen LogP) is -1.33. The summed E-state index contributed by atoms with van der Waals surface area (Å²) in [6.07, 6.45) is 3.01. The lowest BCUT2D eigenvalue weighted by molar-refractivity contribution is -0.308. The van der Waals surface area contributed by atoms with E-state index in [1.165, 1.54) is 6.29 Å². The van der Waals surface area contributed by atoms with E-state index in [2.05, 4.69) is 0 Å². The molecule has 0 atom stereocenters. The Morgan fingerprint density at radius 3 is 2.33 bits per heavy atom. The first kappa shape index (κ1) is 8.29. The van der Waals surface area contributed by atoms with Crippen LogP contribution in [-0.4, -0.2) is 27.6 Å². The summed E-state index contributed by atoms with van der Waals surface area (Å²) in [4.78, 5) is 9.43. The minimum Gasteiger partial charge on any atom is -0.343 e. The van der Waals surface area contributed by atoms with Crippen molar-refractivity contribution < 1.29 is 20.1 Å². The number of rotatable bonds is 3. The van der Waals surface area contributed by atoms with Crippen molar-refractivity contribution in [2.45, 2.75) is 12.4 Å². The highest BCUT2D eigenvalue weighted by molar-refractivity contribution is 5.65. The summed E-state index contributed by atoms with van der Waals surface area (Å²) in [6, 6.07) is 0. The molecule has 1 radical (unpaired) electrons. The Bertz CT molecular complexity index is 111. The molecule has 3 N–H and O–H groups in total. The van der Waals surface area contributed by atoms with Crippen LogP contribution in [-0.2, 0) is 4.79 Å². The van der Waals surface area contributed by atoms with Gasteiger partial charge in [-0.25, -0.2) is 0 Å². The Kier molecular flexibility index (Phi) is 3.08. The predicted molar refractivity (Wildman–Crippen MR) is 28.8 cm³/mol. The molecule has 4 nitrogen and oxygen atoms in total. The highest BCUT2D eigenvalue weighted by Crippen LogP contribution is 1.99.